The van der Waals surface area contributed by atoms with Gasteiger partial charge < -0.3 is 30.1 Å². The molecule has 0 aromatic rings. The van der Waals surface area contributed by atoms with Gasteiger partial charge in [0.1, 0.15) is 24.4 Å². The highest BCUT2D eigenvalue weighted by atomic mass is 16.7. The lowest BCUT2D eigenvalue weighted by Gasteiger charge is -2.42. The Kier molecular flexibility index (Phi) is 9.35. The largest absolute Gasteiger partial charge is 0.394 e. The fourth-order valence-corrected chi connectivity index (χ4v) is 2.56. The molecule has 1 aliphatic heterocycles. The fraction of sp³-hybridized carbons (Fsp3) is 0.812. The third kappa shape index (κ3) is 6.56. The zero-order valence-corrected chi connectivity index (χ0v) is 13.7. The Morgan fingerprint density at radius 2 is 1.96 bits per heavy atom. The number of hydrogen-bond donors (Lipinski definition) is 4. The van der Waals surface area contributed by atoms with E-state index in [9.17, 15) is 20.1 Å². The molecule has 1 rings (SSSR count). The Balaban J connectivity index is 2.46. The fourth-order valence-electron chi connectivity index (χ4n) is 2.56. The Morgan fingerprint density at radius 1 is 1.26 bits per heavy atom. The summed E-state index contributed by atoms with van der Waals surface area (Å²) >= 11 is 0. The van der Waals surface area contributed by atoms with Crippen LogP contribution < -0.4 is 5.32 Å². The number of nitrogens with one attached hydrogen (secondary N) is 1. The molecular weight excluding hydrogens is 302 g/mol. The summed E-state index contributed by atoms with van der Waals surface area (Å²) in [5, 5.41) is 31.7. The van der Waals surface area contributed by atoms with Crippen LogP contribution in [0.1, 0.15) is 39.0 Å². The summed E-state index contributed by atoms with van der Waals surface area (Å²) < 4.78 is 11.1. The van der Waals surface area contributed by atoms with Crippen LogP contribution in [-0.4, -0.2) is 65.1 Å². The van der Waals surface area contributed by atoms with E-state index in [-0.39, 0.29) is 5.91 Å². The first-order chi connectivity index (χ1) is 11.0. The first-order valence-electron chi connectivity index (χ1n) is 8.13. The summed E-state index contributed by atoms with van der Waals surface area (Å²) in [5.41, 5.74) is 0. The van der Waals surface area contributed by atoms with Crippen LogP contribution in [0, 0.1) is 0 Å². The minimum atomic E-state index is -1.28. The van der Waals surface area contributed by atoms with E-state index < -0.39 is 37.3 Å². The van der Waals surface area contributed by atoms with Gasteiger partial charge in [-0.25, -0.2) is 0 Å². The summed E-state index contributed by atoms with van der Waals surface area (Å²) in [6.45, 7) is 4.96. The van der Waals surface area contributed by atoms with Crippen molar-refractivity contribution in [3.63, 3.8) is 0 Å². The SMILES string of the molecule is C=CCCCCCCO[C@@H]1OC(CO)[C@@H](O)[C@H](O)C1NC(C)=O. The van der Waals surface area contributed by atoms with Gasteiger partial charge in [0.2, 0.25) is 5.91 Å². The maximum Gasteiger partial charge on any atom is 0.217 e. The number of carbonyl (C=O) groups excluding carboxylic acids is 1. The second-order valence-electron chi connectivity index (χ2n) is 5.80. The molecule has 2 unspecified atom stereocenters. The van der Waals surface area contributed by atoms with E-state index in [1.54, 1.807) is 0 Å². The molecule has 1 aliphatic rings. The number of amides is 1. The lowest BCUT2D eigenvalue weighted by atomic mass is 9.97. The van der Waals surface area contributed by atoms with Crippen molar-refractivity contribution in [3.05, 3.63) is 12.7 Å². The highest BCUT2D eigenvalue weighted by Gasteiger charge is 2.45. The van der Waals surface area contributed by atoms with Gasteiger partial charge in [-0.3, -0.25) is 4.79 Å². The summed E-state index contributed by atoms with van der Waals surface area (Å²) in [6, 6.07) is -0.869. The van der Waals surface area contributed by atoms with E-state index in [4.69, 9.17) is 9.47 Å². The van der Waals surface area contributed by atoms with E-state index in [1.807, 2.05) is 6.08 Å². The van der Waals surface area contributed by atoms with Crippen LogP contribution in [0.4, 0.5) is 0 Å². The van der Waals surface area contributed by atoms with Crippen molar-refractivity contribution in [2.45, 2.75) is 69.7 Å². The maximum absolute atomic E-state index is 11.3. The van der Waals surface area contributed by atoms with Gasteiger partial charge in [0.15, 0.2) is 6.29 Å². The van der Waals surface area contributed by atoms with Crippen LogP contribution in [-0.2, 0) is 14.3 Å². The van der Waals surface area contributed by atoms with Gasteiger partial charge in [-0.15, -0.1) is 6.58 Å². The molecule has 0 spiro atoms. The zero-order valence-electron chi connectivity index (χ0n) is 13.7. The third-order valence-corrected chi connectivity index (χ3v) is 3.84. The van der Waals surface area contributed by atoms with Gasteiger partial charge in [-0.1, -0.05) is 18.9 Å². The number of rotatable bonds is 10. The van der Waals surface area contributed by atoms with E-state index in [1.165, 1.54) is 6.92 Å². The molecule has 1 saturated heterocycles. The lowest BCUT2D eigenvalue weighted by molar-refractivity contribution is -0.270. The highest BCUT2D eigenvalue weighted by Crippen LogP contribution is 2.22. The highest BCUT2D eigenvalue weighted by molar-refractivity contribution is 5.73. The number of carbonyl (C=O) groups is 1. The van der Waals surface area contributed by atoms with Crippen molar-refractivity contribution >= 4 is 5.91 Å². The van der Waals surface area contributed by atoms with Crippen LogP contribution in [0.2, 0.25) is 0 Å². The molecule has 0 aromatic heterocycles. The van der Waals surface area contributed by atoms with Gasteiger partial charge in [0, 0.05) is 13.5 Å². The molecule has 23 heavy (non-hydrogen) atoms. The molecule has 0 saturated carbocycles. The Labute approximate surface area is 137 Å². The minimum Gasteiger partial charge on any atom is -0.394 e. The molecule has 7 nitrogen and oxygen atoms in total. The Morgan fingerprint density at radius 3 is 2.57 bits per heavy atom. The monoisotopic (exact) mass is 331 g/mol. The molecule has 0 radical (unpaired) electrons. The molecule has 4 N–H and O–H groups in total. The van der Waals surface area contributed by atoms with E-state index in [0.717, 1.165) is 32.1 Å². The third-order valence-electron chi connectivity index (χ3n) is 3.84. The van der Waals surface area contributed by atoms with Crippen molar-refractivity contribution in [2.24, 2.45) is 0 Å². The number of unbranched alkanes of at least 4 members (excludes halogenated alkanes) is 4. The quantitative estimate of drug-likeness (QED) is 0.334. The number of aliphatic hydroxyl groups is 3. The second kappa shape index (κ2) is 10.7. The van der Waals surface area contributed by atoms with Gasteiger partial charge in [-0.2, -0.15) is 0 Å². The predicted octanol–water partition coefficient (Wildman–Crippen LogP) is 0.0832. The lowest BCUT2D eigenvalue weighted by Crippen LogP contribution is -2.64. The summed E-state index contributed by atoms with van der Waals surface area (Å²) in [5.74, 6) is -0.356. The number of aliphatic hydroxyl groups excluding tert-OH is 3. The number of allylic oxidation sites excluding steroid dienone is 1. The molecule has 1 amide bonds. The van der Waals surface area contributed by atoms with Crippen LogP contribution in [0.25, 0.3) is 0 Å². The average molecular weight is 331 g/mol. The molecule has 5 atom stereocenters. The number of hydrogen-bond acceptors (Lipinski definition) is 6. The van der Waals surface area contributed by atoms with E-state index >= 15 is 0 Å². The minimum absolute atomic E-state index is 0.356. The summed E-state index contributed by atoms with van der Waals surface area (Å²) in [4.78, 5) is 11.3. The standard InChI is InChI=1S/C16H29NO6/c1-3-4-5-6-7-8-9-22-16-13(17-11(2)19)15(21)14(20)12(10-18)23-16/h3,12-16,18,20-21H,1,4-10H2,2H3,(H,17,19)/t12?,13?,14-,15-,16-/m1/s1. The molecule has 7 heteroatoms. The van der Waals surface area contributed by atoms with Gasteiger partial charge in [0.05, 0.1) is 6.61 Å². The van der Waals surface area contributed by atoms with Gasteiger partial charge in [-0.05, 0) is 19.3 Å². The van der Waals surface area contributed by atoms with Gasteiger partial charge >= 0.3 is 0 Å². The molecule has 1 fully saturated rings. The van der Waals surface area contributed by atoms with Crippen molar-refractivity contribution in [1.29, 1.82) is 0 Å². The Hall–Kier alpha value is -0.990. The Bertz CT molecular complexity index is 364. The molecule has 1 heterocycles. The van der Waals surface area contributed by atoms with Crippen molar-refractivity contribution in [2.75, 3.05) is 13.2 Å². The van der Waals surface area contributed by atoms with Crippen molar-refractivity contribution in [3.8, 4) is 0 Å². The van der Waals surface area contributed by atoms with Crippen LogP contribution in [0.5, 0.6) is 0 Å². The summed E-state index contributed by atoms with van der Waals surface area (Å²) in [7, 11) is 0. The van der Waals surface area contributed by atoms with Gasteiger partial charge in [0.25, 0.3) is 0 Å². The molecule has 134 valence electrons. The predicted molar refractivity (Wildman–Crippen MR) is 84.6 cm³/mol. The first kappa shape index (κ1) is 20.1. The smallest absolute Gasteiger partial charge is 0.217 e. The summed E-state index contributed by atoms with van der Waals surface area (Å²) in [6.07, 6.45) is 2.51. The van der Waals surface area contributed by atoms with E-state index in [2.05, 4.69) is 11.9 Å². The van der Waals surface area contributed by atoms with E-state index in [0.29, 0.717) is 6.61 Å². The molecular formula is C16H29NO6. The van der Waals surface area contributed by atoms with Crippen molar-refractivity contribution in [1.82, 2.24) is 5.32 Å². The normalized spacial score (nSPS) is 30.9. The molecule has 0 aliphatic carbocycles. The van der Waals surface area contributed by atoms with Crippen LogP contribution in [0.3, 0.4) is 0 Å². The average Bonchev–Trinajstić information content (AvgIpc) is 2.52. The maximum atomic E-state index is 11.3. The first-order valence-corrected chi connectivity index (χ1v) is 8.13. The van der Waals surface area contributed by atoms with Crippen molar-refractivity contribution < 1.29 is 29.6 Å². The second-order valence-corrected chi connectivity index (χ2v) is 5.80. The molecule has 0 bridgehead atoms. The van der Waals surface area contributed by atoms with Crippen LogP contribution in [0.15, 0.2) is 12.7 Å². The molecule has 0 aromatic carbocycles. The zero-order chi connectivity index (χ0) is 17.2. The number of ether oxygens (including phenoxy) is 2. The topological polar surface area (TPSA) is 108 Å². The van der Waals surface area contributed by atoms with Crippen LogP contribution >= 0.6 is 0 Å².